The zero-order valence-electron chi connectivity index (χ0n) is 7.05. The van der Waals surface area contributed by atoms with Crippen LogP contribution in [0.25, 0.3) is 0 Å². The fourth-order valence-electron chi connectivity index (χ4n) is 2.37. The monoisotopic (exact) mass is 148 g/mol. The maximum Gasteiger partial charge on any atom is -0.00837 e. The van der Waals surface area contributed by atoms with E-state index < -0.39 is 0 Å². The number of hydrogen-bond acceptors (Lipinski definition) is 0. The molecular weight excluding hydrogens is 132 g/mol. The van der Waals surface area contributed by atoms with E-state index in [1.807, 2.05) is 6.08 Å². The molecule has 0 heterocycles. The van der Waals surface area contributed by atoms with Gasteiger partial charge in [-0.1, -0.05) is 18.2 Å². The summed E-state index contributed by atoms with van der Waals surface area (Å²) < 4.78 is 0. The van der Waals surface area contributed by atoms with Gasteiger partial charge in [-0.25, -0.2) is 0 Å². The second-order valence-electron chi connectivity index (χ2n) is 3.94. The van der Waals surface area contributed by atoms with Gasteiger partial charge in [0.25, 0.3) is 0 Å². The minimum absolute atomic E-state index is 0.684. The highest BCUT2D eigenvalue weighted by atomic mass is 14.6. The Morgan fingerprint density at radius 2 is 2.55 bits per heavy atom. The first-order valence-corrected chi connectivity index (χ1v) is 4.66. The molecule has 0 aromatic heterocycles. The number of allylic oxidation sites excluding steroid dienone is 3. The Bertz CT molecular complexity index is 190. The van der Waals surface area contributed by atoms with Crippen molar-refractivity contribution in [1.29, 1.82) is 0 Å². The third-order valence-corrected chi connectivity index (χ3v) is 3.22. The van der Waals surface area contributed by atoms with Crippen LogP contribution in [0.3, 0.4) is 0 Å². The zero-order valence-corrected chi connectivity index (χ0v) is 7.05. The average molecular weight is 148 g/mol. The molecule has 11 heavy (non-hydrogen) atoms. The summed E-state index contributed by atoms with van der Waals surface area (Å²) in [6, 6.07) is 0. The minimum Gasteiger partial charge on any atom is -0.103 e. The van der Waals surface area contributed by atoms with Gasteiger partial charge in [-0.15, -0.1) is 6.58 Å². The highest BCUT2D eigenvalue weighted by Gasteiger charge is 2.51. The third kappa shape index (κ3) is 1.15. The summed E-state index contributed by atoms with van der Waals surface area (Å²) in [5.74, 6) is 0.999. The van der Waals surface area contributed by atoms with Crippen molar-refractivity contribution >= 4 is 0 Å². The van der Waals surface area contributed by atoms with Gasteiger partial charge in [0.15, 0.2) is 0 Å². The summed E-state index contributed by atoms with van der Waals surface area (Å²) in [5, 5.41) is 0. The summed E-state index contributed by atoms with van der Waals surface area (Å²) in [5.41, 5.74) is 0.684. The van der Waals surface area contributed by atoms with Gasteiger partial charge < -0.3 is 0 Å². The first-order valence-electron chi connectivity index (χ1n) is 4.66. The second-order valence-corrected chi connectivity index (χ2v) is 3.94. The van der Waals surface area contributed by atoms with Crippen molar-refractivity contribution in [2.45, 2.75) is 32.1 Å². The first kappa shape index (κ1) is 7.15. The van der Waals surface area contributed by atoms with E-state index in [-0.39, 0.29) is 0 Å². The molecule has 1 saturated carbocycles. The molecule has 1 fully saturated rings. The molecule has 0 heteroatoms. The van der Waals surface area contributed by atoms with Gasteiger partial charge in [0.2, 0.25) is 0 Å². The van der Waals surface area contributed by atoms with Crippen molar-refractivity contribution < 1.29 is 0 Å². The lowest BCUT2D eigenvalue weighted by molar-refractivity contribution is 0.532. The first-order chi connectivity index (χ1) is 5.37. The van der Waals surface area contributed by atoms with Crippen LogP contribution in [0.1, 0.15) is 32.1 Å². The van der Waals surface area contributed by atoms with E-state index in [1.165, 1.54) is 32.1 Å². The van der Waals surface area contributed by atoms with Crippen molar-refractivity contribution in [3.8, 4) is 0 Å². The highest BCUT2D eigenvalue weighted by Crippen LogP contribution is 2.61. The molecule has 2 atom stereocenters. The van der Waals surface area contributed by atoms with Gasteiger partial charge in [-0.3, -0.25) is 0 Å². The van der Waals surface area contributed by atoms with Crippen LogP contribution in [0, 0.1) is 11.3 Å². The van der Waals surface area contributed by atoms with Gasteiger partial charge in [0, 0.05) is 0 Å². The van der Waals surface area contributed by atoms with Crippen LogP contribution in [0.15, 0.2) is 24.8 Å². The van der Waals surface area contributed by atoms with E-state index in [2.05, 4.69) is 18.7 Å². The SMILES string of the molecule is C=CCC[C@H]1C[C@]12C=CCC2. The molecule has 0 nitrogen and oxygen atoms in total. The van der Waals surface area contributed by atoms with E-state index in [0.717, 1.165) is 5.92 Å². The molecular formula is C11H16. The minimum atomic E-state index is 0.684. The molecule has 2 aliphatic carbocycles. The van der Waals surface area contributed by atoms with Crippen molar-refractivity contribution in [2.24, 2.45) is 11.3 Å². The molecule has 0 N–H and O–H groups in total. The van der Waals surface area contributed by atoms with Gasteiger partial charge in [-0.05, 0) is 43.4 Å². The van der Waals surface area contributed by atoms with Gasteiger partial charge >= 0.3 is 0 Å². The van der Waals surface area contributed by atoms with E-state index in [0.29, 0.717) is 5.41 Å². The van der Waals surface area contributed by atoms with E-state index in [4.69, 9.17) is 0 Å². The van der Waals surface area contributed by atoms with Crippen LogP contribution in [0.2, 0.25) is 0 Å². The summed E-state index contributed by atoms with van der Waals surface area (Å²) >= 11 is 0. The smallest absolute Gasteiger partial charge is 0.00837 e. The van der Waals surface area contributed by atoms with Crippen molar-refractivity contribution in [3.63, 3.8) is 0 Å². The van der Waals surface area contributed by atoms with Crippen molar-refractivity contribution in [1.82, 2.24) is 0 Å². The van der Waals surface area contributed by atoms with E-state index in [9.17, 15) is 0 Å². The van der Waals surface area contributed by atoms with Crippen LogP contribution >= 0.6 is 0 Å². The average Bonchev–Trinajstić information content (AvgIpc) is 2.41. The number of rotatable bonds is 3. The Morgan fingerprint density at radius 1 is 1.64 bits per heavy atom. The van der Waals surface area contributed by atoms with Crippen LogP contribution in [0.5, 0.6) is 0 Å². The topological polar surface area (TPSA) is 0 Å². The molecule has 0 radical (unpaired) electrons. The summed E-state index contributed by atoms with van der Waals surface area (Å²) in [6.45, 7) is 3.76. The molecule has 2 aliphatic rings. The van der Waals surface area contributed by atoms with Crippen LogP contribution < -0.4 is 0 Å². The summed E-state index contributed by atoms with van der Waals surface area (Å²) in [7, 11) is 0. The van der Waals surface area contributed by atoms with Crippen LogP contribution in [-0.2, 0) is 0 Å². The van der Waals surface area contributed by atoms with E-state index >= 15 is 0 Å². The molecule has 2 rings (SSSR count). The Hall–Kier alpha value is -0.520. The fourth-order valence-corrected chi connectivity index (χ4v) is 2.37. The Balaban J connectivity index is 1.84. The Morgan fingerprint density at radius 3 is 3.18 bits per heavy atom. The molecule has 0 aliphatic heterocycles. The summed E-state index contributed by atoms with van der Waals surface area (Å²) in [4.78, 5) is 0. The molecule has 0 amide bonds. The van der Waals surface area contributed by atoms with Crippen molar-refractivity contribution in [2.75, 3.05) is 0 Å². The highest BCUT2D eigenvalue weighted by molar-refractivity contribution is 5.19. The van der Waals surface area contributed by atoms with Crippen LogP contribution in [-0.4, -0.2) is 0 Å². The molecule has 60 valence electrons. The molecule has 0 bridgehead atoms. The molecule has 1 spiro atoms. The lowest BCUT2D eigenvalue weighted by atomic mass is 10.0. The second kappa shape index (κ2) is 2.51. The van der Waals surface area contributed by atoms with Gasteiger partial charge in [0.05, 0.1) is 0 Å². The van der Waals surface area contributed by atoms with Gasteiger partial charge in [-0.2, -0.15) is 0 Å². The third-order valence-electron chi connectivity index (χ3n) is 3.22. The fraction of sp³-hybridized carbons (Fsp3) is 0.636. The van der Waals surface area contributed by atoms with Crippen LogP contribution in [0.4, 0.5) is 0 Å². The quantitative estimate of drug-likeness (QED) is 0.539. The molecule has 0 unspecified atom stereocenters. The zero-order chi connectivity index (χ0) is 7.73. The molecule has 0 aromatic rings. The standard InChI is InChI=1S/C11H16/c1-2-3-6-10-9-11(10)7-4-5-8-11/h2,4,7,10H,1,3,5-6,8-9H2/t10-,11+/m0/s1. The lowest BCUT2D eigenvalue weighted by Gasteiger charge is -2.03. The Kier molecular flexibility index (Phi) is 1.63. The van der Waals surface area contributed by atoms with E-state index in [1.54, 1.807) is 0 Å². The summed E-state index contributed by atoms with van der Waals surface area (Å²) in [6.07, 6.45) is 13.6. The normalized spacial score (nSPS) is 39.8. The molecule has 0 saturated heterocycles. The maximum absolute atomic E-state index is 3.76. The predicted octanol–water partition coefficient (Wildman–Crippen LogP) is 3.31. The molecule has 0 aromatic carbocycles. The Labute approximate surface area is 69.0 Å². The van der Waals surface area contributed by atoms with Gasteiger partial charge in [0.1, 0.15) is 0 Å². The largest absolute Gasteiger partial charge is 0.103 e. The van der Waals surface area contributed by atoms with Crippen molar-refractivity contribution in [3.05, 3.63) is 24.8 Å². The lowest BCUT2D eigenvalue weighted by Crippen LogP contribution is -1.94. The predicted molar refractivity (Wildman–Crippen MR) is 48.3 cm³/mol. The number of hydrogen-bond donors (Lipinski definition) is 0. The maximum atomic E-state index is 3.76.